The van der Waals surface area contributed by atoms with Gasteiger partial charge in [0.2, 0.25) is 0 Å². The summed E-state index contributed by atoms with van der Waals surface area (Å²) in [5.74, 6) is 0.879. The fraction of sp³-hybridized carbons (Fsp3) is 0.517. The van der Waals surface area contributed by atoms with Crippen molar-refractivity contribution in [1.29, 1.82) is 0 Å². The molecule has 0 spiro atoms. The Balaban J connectivity index is 1.36. The van der Waals surface area contributed by atoms with Gasteiger partial charge in [0.15, 0.2) is 0 Å². The molecule has 8 heteroatoms. The molecule has 2 atom stereocenters. The molecule has 2 N–H and O–H groups in total. The van der Waals surface area contributed by atoms with Crippen LogP contribution in [-0.4, -0.2) is 66.9 Å². The maximum atomic E-state index is 13.0. The number of urea groups is 1. The number of aromatic nitrogens is 2. The van der Waals surface area contributed by atoms with Crippen LogP contribution < -0.4 is 10.6 Å². The number of hydrogen-bond acceptors (Lipinski definition) is 4. The summed E-state index contributed by atoms with van der Waals surface area (Å²) in [6.45, 7) is 7.02. The van der Waals surface area contributed by atoms with Crippen LogP contribution in [0.5, 0.6) is 0 Å². The zero-order valence-electron chi connectivity index (χ0n) is 22.1. The molecule has 0 saturated carbocycles. The third-order valence-electron chi connectivity index (χ3n) is 7.53. The fourth-order valence-corrected chi connectivity index (χ4v) is 5.38. The van der Waals surface area contributed by atoms with Gasteiger partial charge in [0.25, 0.3) is 0 Å². The van der Waals surface area contributed by atoms with Crippen LogP contribution >= 0.6 is 11.6 Å². The number of methoxy groups -OCH3 is 1. The number of hydrogen-bond donors (Lipinski definition) is 2. The van der Waals surface area contributed by atoms with Gasteiger partial charge in [-0.05, 0) is 80.0 Å². The highest BCUT2D eigenvalue weighted by molar-refractivity contribution is 6.30. The third kappa shape index (κ3) is 7.24. The molecule has 1 saturated heterocycles. The molecular formula is C29H40ClN5O2. The first-order valence-corrected chi connectivity index (χ1v) is 13.9. The molecule has 0 bridgehead atoms. The molecule has 37 heavy (non-hydrogen) atoms. The maximum Gasteiger partial charge on any atom is 0.317 e. The van der Waals surface area contributed by atoms with Crippen LogP contribution in [0.2, 0.25) is 5.02 Å². The van der Waals surface area contributed by atoms with Gasteiger partial charge in [-0.15, -0.1) is 0 Å². The number of carbonyl (C=O) groups excluding carboxylic acids is 1. The lowest BCUT2D eigenvalue weighted by molar-refractivity contribution is 0.195. The number of amides is 2. The highest BCUT2D eigenvalue weighted by Gasteiger charge is 2.25. The zero-order chi connectivity index (χ0) is 26.0. The molecule has 7 nitrogen and oxygen atoms in total. The van der Waals surface area contributed by atoms with Crippen molar-refractivity contribution >= 4 is 28.5 Å². The lowest BCUT2D eigenvalue weighted by atomic mass is 9.92. The van der Waals surface area contributed by atoms with Crippen LogP contribution in [0, 0.1) is 5.92 Å². The van der Waals surface area contributed by atoms with Crippen LogP contribution in [0.1, 0.15) is 50.5 Å². The molecule has 2 aromatic heterocycles. The largest absolute Gasteiger partial charge is 0.383 e. The molecule has 3 heterocycles. The van der Waals surface area contributed by atoms with E-state index >= 15 is 0 Å². The lowest BCUT2D eigenvalue weighted by Gasteiger charge is -2.23. The second kappa shape index (κ2) is 13.8. The molecule has 1 aliphatic rings. The van der Waals surface area contributed by atoms with Crippen LogP contribution in [0.3, 0.4) is 0 Å². The van der Waals surface area contributed by atoms with E-state index in [9.17, 15) is 4.79 Å². The Labute approximate surface area is 225 Å². The predicted octanol–water partition coefficient (Wildman–Crippen LogP) is 5.61. The summed E-state index contributed by atoms with van der Waals surface area (Å²) in [4.78, 5) is 19.4. The molecule has 2 amide bonds. The average Bonchev–Trinajstić information content (AvgIpc) is 3.13. The first-order chi connectivity index (χ1) is 18.1. The summed E-state index contributed by atoms with van der Waals surface area (Å²) in [6.07, 6.45) is 11.2. The van der Waals surface area contributed by atoms with Gasteiger partial charge < -0.3 is 24.8 Å². The summed E-state index contributed by atoms with van der Waals surface area (Å²) >= 11 is 6.12. The van der Waals surface area contributed by atoms with Crippen LogP contribution in [0.25, 0.3) is 16.6 Å². The smallest absolute Gasteiger partial charge is 0.317 e. The standard InChI is InChI=1S/C29H40ClN5O2/c1-3-22(10-13-31-15-18-37-2)19-33-29(36)34-16-4-5-23(12-17-34)27-21-35(25-8-6-24(30)7-9-25)28-20-32-14-11-26(27)28/h6-9,11,14,20-23,31H,3-5,10,12-13,15-19H2,1-2H3,(H,33,36). The summed E-state index contributed by atoms with van der Waals surface area (Å²) in [7, 11) is 1.72. The molecule has 1 aliphatic heterocycles. The fourth-order valence-electron chi connectivity index (χ4n) is 5.25. The first kappa shape index (κ1) is 27.4. The first-order valence-electron chi connectivity index (χ1n) is 13.5. The Morgan fingerprint density at radius 1 is 1.19 bits per heavy atom. The van der Waals surface area contributed by atoms with E-state index < -0.39 is 0 Å². The number of likely N-dealkylation sites (tertiary alicyclic amines) is 1. The zero-order valence-corrected chi connectivity index (χ0v) is 22.8. The molecule has 0 radical (unpaired) electrons. The molecule has 200 valence electrons. The Morgan fingerprint density at radius 3 is 2.81 bits per heavy atom. The normalized spacial score (nSPS) is 17.1. The van der Waals surface area contributed by atoms with Crippen molar-refractivity contribution in [2.24, 2.45) is 5.92 Å². The van der Waals surface area contributed by atoms with Crippen molar-refractivity contribution < 1.29 is 9.53 Å². The number of nitrogens with one attached hydrogen (secondary N) is 2. The molecule has 4 rings (SSSR count). The Kier molecular flexibility index (Phi) is 10.2. The van der Waals surface area contributed by atoms with Crippen LogP contribution in [0.15, 0.2) is 48.9 Å². The maximum absolute atomic E-state index is 13.0. The molecule has 1 fully saturated rings. The predicted molar refractivity (Wildman–Crippen MR) is 151 cm³/mol. The van der Waals surface area contributed by atoms with E-state index in [-0.39, 0.29) is 6.03 Å². The average molecular weight is 526 g/mol. The second-order valence-electron chi connectivity index (χ2n) is 9.93. The van der Waals surface area contributed by atoms with E-state index in [1.807, 2.05) is 41.6 Å². The van der Waals surface area contributed by atoms with Gasteiger partial charge in [0.1, 0.15) is 0 Å². The van der Waals surface area contributed by atoms with Gasteiger partial charge in [0.05, 0.1) is 18.3 Å². The Bertz CT molecular complexity index is 1130. The van der Waals surface area contributed by atoms with Gasteiger partial charge in [0, 0.05) is 61.8 Å². The molecule has 2 unspecified atom stereocenters. The van der Waals surface area contributed by atoms with Gasteiger partial charge in [-0.2, -0.15) is 0 Å². The summed E-state index contributed by atoms with van der Waals surface area (Å²) in [6, 6.07) is 10.1. The third-order valence-corrected chi connectivity index (χ3v) is 7.78. The topological polar surface area (TPSA) is 71.4 Å². The number of ether oxygens (including phenoxy) is 1. The van der Waals surface area contributed by atoms with Crippen molar-refractivity contribution in [2.75, 3.05) is 46.4 Å². The number of pyridine rings is 1. The quantitative estimate of drug-likeness (QED) is 0.319. The number of nitrogens with zero attached hydrogens (tertiary/aromatic N) is 3. The summed E-state index contributed by atoms with van der Waals surface area (Å²) < 4.78 is 7.29. The molecule has 3 aromatic rings. The van der Waals surface area contributed by atoms with E-state index in [1.165, 1.54) is 10.9 Å². The Morgan fingerprint density at radius 2 is 2.03 bits per heavy atom. The SMILES string of the molecule is CCC(CCNCCOC)CNC(=O)N1CCCC(c2cn(-c3ccc(Cl)cc3)c3cnccc23)CC1. The van der Waals surface area contributed by atoms with E-state index in [0.29, 0.717) is 11.8 Å². The second-order valence-corrected chi connectivity index (χ2v) is 10.4. The van der Waals surface area contributed by atoms with Gasteiger partial charge >= 0.3 is 6.03 Å². The van der Waals surface area contributed by atoms with Gasteiger partial charge in [-0.1, -0.05) is 24.9 Å². The number of fused-ring (bicyclic) bond motifs is 1. The number of halogens is 1. The Hall–Kier alpha value is -2.61. The van der Waals surface area contributed by atoms with Crippen molar-refractivity contribution in [3.63, 3.8) is 0 Å². The van der Waals surface area contributed by atoms with Crippen molar-refractivity contribution in [3.8, 4) is 5.69 Å². The minimum Gasteiger partial charge on any atom is -0.383 e. The van der Waals surface area contributed by atoms with E-state index in [4.69, 9.17) is 16.3 Å². The number of benzene rings is 1. The van der Waals surface area contributed by atoms with E-state index in [2.05, 4.69) is 39.4 Å². The highest BCUT2D eigenvalue weighted by atomic mass is 35.5. The monoisotopic (exact) mass is 525 g/mol. The number of carbonyl (C=O) groups is 1. The van der Waals surface area contributed by atoms with Crippen LogP contribution in [0.4, 0.5) is 4.79 Å². The van der Waals surface area contributed by atoms with E-state index in [1.54, 1.807) is 7.11 Å². The van der Waals surface area contributed by atoms with Crippen LogP contribution in [-0.2, 0) is 4.74 Å². The highest BCUT2D eigenvalue weighted by Crippen LogP contribution is 2.35. The number of rotatable bonds is 11. The summed E-state index contributed by atoms with van der Waals surface area (Å²) in [5.41, 5.74) is 3.50. The van der Waals surface area contributed by atoms with Crippen molar-refractivity contribution in [1.82, 2.24) is 25.1 Å². The minimum absolute atomic E-state index is 0.0687. The molecular weight excluding hydrogens is 486 g/mol. The molecule has 1 aromatic carbocycles. The van der Waals surface area contributed by atoms with Gasteiger partial charge in [-0.25, -0.2) is 4.79 Å². The van der Waals surface area contributed by atoms with Crippen molar-refractivity contribution in [2.45, 2.75) is 44.9 Å². The van der Waals surface area contributed by atoms with E-state index in [0.717, 1.165) is 87.7 Å². The van der Waals surface area contributed by atoms with Crippen molar-refractivity contribution in [3.05, 3.63) is 59.5 Å². The molecule has 0 aliphatic carbocycles. The lowest BCUT2D eigenvalue weighted by Crippen LogP contribution is -2.42. The summed E-state index contributed by atoms with van der Waals surface area (Å²) in [5, 5.41) is 8.57. The minimum atomic E-state index is 0.0687. The van der Waals surface area contributed by atoms with Gasteiger partial charge in [-0.3, -0.25) is 4.98 Å².